The van der Waals surface area contributed by atoms with Crippen LogP contribution in [0.1, 0.15) is 30.1 Å². The molecule has 0 saturated carbocycles. The van der Waals surface area contributed by atoms with Gasteiger partial charge in [0.1, 0.15) is 5.76 Å². The second-order valence-corrected chi connectivity index (χ2v) is 5.81. The number of oxazole rings is 1. The maximum atomic E-state index is 5.51. The van der Waals surface area contributed by atoms with Gasteiger partial charge in [0, 0.05) is 19.1 Å². The van der Waals surface area contributed by atoms with Crippen molar-refractivity contribution in [3.8, 4) is 0 Å². The van der Waals surface area contributed by atoms with E-state index in [1.54, 1.807) is 6.20 Å². The molecule has 0 aliphatic carbocycles. The van der Waals surface area contributed by atoms with Gasteiger partial charge in [-0.15, -0.1) is 0 Å². The quantitative estimate of drug-likeness (QED) is 0.917. The van der Waals surface area contributed by atoms with E-state index >= 15 is 0 Å². The van der Waals surface area contributed by atoms with E-state index < -0.39 is 0 Å². The molecule has 4 heteroatoms. The molecule has 1 fully saturated rings. The fourth-order valence-electron chi connectivity index (χ4n) is 2.92. The lowest BCUT2D eigenvalue weighted by Crippen LogP contribution is -2.45. The van der Waals surface area contributed by atoms with Crippen LogP contribution < -0.4 is 5.32 Å². The first-order chi connectivity index (χ1) is 10.3. The highest BCUT2D eigenvalue weighted by Gasteiger charge is 2.19. The van der Waals surface area contributed by atoms with E-state index in [-0.39, 0.29) is 0 Å². The van der Waals surface area contributed by atoms with Crippen molar-refractivity contribution < 1.29 is 4.42 Å². The minimum atomic E-state index is 0.523. The fraction of sp³-hybridized carbons (Fsp3) is 0.471. The van der Waals surface area contributed by atoms with Crippen LogP contribution in [0.25, 0.3) is 0 Å². The van der Waals surface area contributed by atoms with E-state index in [1.165, 1.54) is 24.9 Å². The number of nitrogens with zero attached hydrogens (tertiary/aromatic N) is 2. The predicted octanol–water partition coefficient (Wildman–Crippen LogP) is 2.74. The summed E-state index contributed by atoms with van der Waals surface area (Å²) in [6, 6.07) is 11.2. The first-order valence-corrected chi connectivity index (χ1v) is 7.70. The Labute approximate surface area is 126 Å². The summed E-state index contributed by atoms with van der Waals surface area (Å²) in [7, 11) is 0. The van der Waals surface area contributed by atoms with Crippen molar-refractivity contribution in [1.82, 2.24) is 15.2 Å². The molecule has 1 atom stereocenters. The molecule has 1 aromatic heterocycles. The maximum absolute atomic E-state index is 5.51. The summed E-state index contributed by atoms with van der Waals surface area (Å²) in [5.74, 6) is 1.66. The number of aryl methyl sites for hydroxylation is 1. The topological polar surface area (TPSA) is 41.3 Å². The second kappa shape index (κ2) is 6.87. The first kappa shape index (κ1) is 14.3. The molecule has 1 unspecified atom stereocenters. The Morgan fingerprint density at radius 1 is 1.33 bits per heavy atom. The van der Waals surface area contributed by atoms with Gasteiger partial charge in [-0.05, 0) is 31.9 Å². The first-order valence-electron chi connectivity index (χ1n) is 7.70. The SMILES string of the molecule is Cc1cnc(CNC2CCCN(Cc3ccccc3)C2)o1. The number of rotatable bonds is 5. The largest absolute Gasteiger partial charge is 0.445 e. The molecule has 4 nitrogen and oxygen atoms in total. The second-order valence-electron chi connectivity index (χ2n) is 5.81. The summed E-state index contributed by atoms with van der Waals surface area (Å²) >= 11 is 0. The normalized spacial score (nSPS) is 19.8. The lowest BCUT2D eigenvalue weighted by molar-refractivity contribution is 0.180. The molecule has 21 heavy (non-hydrogen) atoms. The Balaban J connectivity index is 1.49. The van der Waals surface area contributed by atoms with Crippen molar-refractivity contribution in [2.75, 3.05) is 13.1 Å². The number of aromatic nitrogens is 1. The maximum Gasteiger partial charge on any atom is 0.208 e. The van der Waals surface area contributed by atoms with Gasteiger partial charge in [0.05, 0.1) is 12.7 Å². The molecule has 1 N–H and O–H groups in total. The van der Waals surface area contributed by atoms with Gasteiger partial charge in [0.25, 0.3) is 0 Å². The molecule has 0 spiro atoms. The molecule has 2 heterocycles. The van der Waals surface area contributed by atoms with Crippen LogP contribution in [-0.2, 0) is 13.1 Å². The summed E-state index contributed by atoms with van der Waals surface area (Å²) in [5, 5.41) is 3.57. The van der Waals surface area contributed by atoms with Crippen LogP contribution in [0.3, 0.4) is 0 Å². The third-order valence-electron chi connectivity index (χ3n) is 3.97. The molecule has 2 aromatic rings. The van der Waals surface area contributed by atoms with Gasteiger partial charge in [0.15, 0.2) is 0 Å². The molecular formula is C17H23N3O. The van der Waals surface area contributed by atoms with Crippen molar-refractivity contribution in [2.45, 2.75) is 38.9 Å². The molecule has 1 saturated heterocycles. The molecule has 1 aromatic carbocycles. The van der Waals surface area contributed by atoms with E-state index in [1.807, 2.05) is 6.92 Å². The van der Waals surface area contributed by atoms with E-state index in [4.69, 9.17) is 4.42 Å². The highest BCUT2D eigenvalue weighted by Crippen LogP contribution is 2.14. The van der Waals surface area contributed by atoms with Crippen LogP contribution in [0, 0.1) is 6.92 Å². The molecule has 1 aliphatic heterocycles. The Bertz CT molecular complexity index is 552. The number of benzene rings is 1. The molecule has 3 rings (SSSR count). The highest BCUT2D eigenvalue weighted by atomic mass is 16.4. The van der Waals surface area contributed by atoms with Crippen LogP contribution in [0.4, 0.5) is 0 Å². The zero-order valence-electron chi connectivity index (χ0n) is 12.6. The van der Waals surface area contributed by atoms with E-state index in [2.05, 4.69) is 45.5 Å². The van der Waals surface area contributed by atoms with Crippen molar-refractivity contribution in [3.63, 3.8) is 0 Å². The van der Waals surface area contributed by atoms with Crippen LogP contribution >= 0.6 is 0 Å². The number of piperidine rings is 1. The number of likely N-dealkylation sites (tertiary alicyclic amines) is 1. The Morgan fingerprint density at radius 3 is 2.95 bits per heavy atom. The van der Waals surface area contributed by atoms with Crippen molar-refractivity contribution in [1.29, 1.82) is 0 Å². The van der Waals surface area contributed by atoms with Gasteiger partial charge in [-0.1, -0.05) is 30.3 Å². The van der Waals surface area contributed by atoms with Crippen molar-refractivity contribution >= 4 is 0 Å². The van der Waals surface area contributed by atoms with E-state index in [0.29, 0.717) is 6.04 Å². The molecule has 0 amide bonds. The van der Waals surface area contributed by atoms with Crippen LogP contribution in [0.2, 0.25) is 0 Å². The monoisotopic (exact) mass is 285 g/mol. The van der Waals surface area contributed by atoms with Crippen LogP contribution in [0.15, 0.2) is 40.9 Å². The smallest absolute Gasteiger partial charge is 0.208 e. The van der Waals surface area contributed by atoms with Crippen LogP contribution in [0.5, 0.6) is 0 Å². The van der Waals surface area contributed by atoms with Gasteiger partial charge in [-0.2, -0.15) is 0 Å². The lowest BCUT2D eigenvalue weighted by atomic mass is 10.0. The average molecular weight is 285 g/mol. The molecule has 112 valence electrons. The minimum Gasteiger partial charge on any atom is -0.445 e. The highest BCUT2D eigenvalue weighted by molar-refractivity contribution is 5.14. The molecular weight excluding hydrogens is 262 g/mol. The zero-order valence-corrected chi connectivity index (χ0v) is 12.6. The summed E-state index contributed by atoms with van der Waals surface area (Å²) < 4.78 is 5.51. The summed E-state index contributed by atoms with van der Waals surface area (Å²) in [6.07, 6.45) is 4.25. The number of hydrogen-bond donors (Lipinski definition) is 1. The third kappa shape index (κ3) is 4.16. The standard InChI is InChI=1S/C17H23N3O/c1-14-10-19-17(21-14)11-18-16-8-5-9-20(13-16)12-15-6-3-2-4-7-15/h2-4,6-7,10,16,18H,5,8-9,11-13H2,1H3. The van der Waals surface area contributed by atoms with Crippen molar-refractivity contribution in [2.24, 2.45) is 0 Å². The Kier molecular flexibility index (Phi) is 4.68. The van der Waals surface area contributed by atoms with Crippen molar-refractivity contribution in [3.05, 3.63) is 53.7 Å². The Morgan fingerprint density at radius 2 is 2.19 bits per heavy atom. The predicted molar refractivity (Wildman–Crippen MR) is 82.8 cm³/mol. The molecule has 0 bridgehead atoms. The van der Waals surface area contributed by atoms with Gasteiger partial charge < -0.3 is 9.73 Å². The molecule has 1 aliphatic rings. The van der Waals surface area contributed by atoms with E-state index in [9.17, 15) is 0 Å². The van der Waals surface area contributed by atoms with Gasteiger partial charge in [-0.3, -0.25) is 4.90 Å². The van der Waals surface area contributed by atoms with E-state index in [0.717, 1.165) is 31.3 Å². The van der Waals surface area contributed by atoms with Gasteiger partial charge >= 0.3 is 0 Å². The molecule has 0 radical (unpaired) electrons. The third-order valence-corrected chi connectivity index (χ3v) is 3.97. The fourth-order valence-corrected chi connectivity index (χ4v) is 2.92. The average Bonchev–Trinajstić information content (AvgIpc) is 2.92. The summed E-state index contributed by atoms with van der Waals surface area (Å²) in [5.41, 5.74) is 1.39. The Hall–Kier alpha value is -1.65. The minimum absolute atomic E-state index is 0.523. The van der Waals surface area contributed by atoms with Gasteiger partial charge in [0.2, 0.25) is 5.89 Å². The van der Waals surface area contributed by atoms with Crippen LogP contribution in [-0.4, -0.2) is 29.0 Å². The number of hydrogen-bond acceptors (Lipinski definition) is 4. The lowest BCUT2D eigenvalue weighted by Gasteiger charge is -2.33. The summed E-state index contributed by atoms with van der Waals surface area (Å²) in [4.78, 5) is 6.77. The van der Waals surface area contributed by atoms with Gasteiger partial charge in [-0.25, -0.2) is 4.98 Å². The summed E-state index contributed by atoms with van der Waals surface area (Å²) in [6.45, 7) is 5.97. The zero-order chi connectivity index (χ0) is 14.5. The number of nitrogens with one attached hydrogen (secondary N) is 1.